The summed E-state index contributed by atoms with van der Waals surface area (Å²) in [6, 6.07) is 5.72. The molecule has 0 saturated heterocycles. The molecule has 0 spiro atoms. The molecule has 0 saturated carbocycles. The second-order valence-electron chi connectivity index (χ2n) is 4.15. The Morgan fingerprint density at radius 1 is 1.26 bits per heavy atom. The first-order chi connectivity index (χ1) is 9.33. The topological polar surface area (TPSA) is 48.3 Å². The van der Waals surface area contributed by atoms with Crippen molar-refractivity contribution >= 4 is 5.69 Å². The van der Waals surface area contributed by atoms with Crippen LogP contribution in [0.4, 0.5) is 5.69 Å². The fourth-order valence-electron chi connectivity index (χ4n) is 1.86. The van der Waals surface area contributed by atoms with E-state index in [2.05, 4.69) is 14.9 Å². The molecule has 0 radical (unpaired) electrons. The second-order valence-corrected chi connectivity index (χ2v) is 4.15. The van der Waals surface area contributed by atoms with E-state index in [9.17, 15) is 0 Å². The first-order valence-electron chi connectivity index (χ1n) is 6.25. The van der Waals surface area contributed by atoms with Gasteiger partial charge >= 0.3 is 0 Å². The molecular weight excluding hydrogens is 242 g/mol. The smallest absolute Gasteiger partial charge is 0.142 e. The number of rotatable bonds is 7. The molecule has 1 aromatic carbocycles. The van der Waals surface area contributed by atoms with Gasteiger partial charge in [0, 0.05) is 31.5 Å². The summed E-state index contributed by atoms with van der Waals surface area (Å²) in [5.41, 5.74) is 0.951. The Bertz CT molecular complexity index is 497. The Morgan fingerprint density at radius 2 is 2.16 bits per heavy atom. The molecule has 5 nitrogen and oxygen atoms in total. The van der Waals surface area contributed by atoms with Gasteiger partial charge in [0.25, 0.3) is 0 Å². The molecule has 5 heteroatoms. The SMILES string of the molecule is COc1ccc(OC)c(NCCCn2ccnc2)c1. The summed E-state index contributed by atoms with van der Waals surface area (Å²) in [5, 5.41) is 3.36. The molecule has 0 aliphatic carbocycles. The van der Waals surface area contributed by atoms with Crippen LogP contribution in [0, 0.1) is 0 Å². The van der Waals surface area contributed by atoms with Crippen molar-refractivity contribution in [3.63, 3.8) is 0 Å². The number of anilines is 1. The molecule has 1 heterocycles. The van der Waals surface area contributed by atoms with Gasteiger partial charge in [-0.15, -0.1) is 0 Å². The molecule has 19 heavy (non-hydrogen) atoms. The summed E-state index contributed by atoms with van der Waals surface area (Å²) < 4.78 is 12.6. The van der Waals surface area contributed by atoms with Crippen LogP contribution in [-0.4, -0.2) is 30.3 Å². The van der Waals surface area contributed by atoms with Gasteiger partial charge in [-0.1, -0.05) is 0 Å². The number of nitrogens with zero attached hydrogens (tertiary/aromatic N) is 2. The standard InChI is InChI=1S/C14H19N3O2/c1-18-12-4-5-14(19-2)13(10-12)16-6-3-8-17-9-7-15-11-17/h4-5,7,9-11,16H,3,6,8H2,1-2H3. The molecular formula is C14H19N3O2. The maximum Gasteiger partial charge on any atom is 0.142 e. The summed E-state index contributed by atoms with van der Waals surface area (Å²) in [7, 11) is 3.32. The molecule has 0 atom stereocenters. The van der Waals surface area contributed by atoms with Gasteiger partial charge in [0.05, 0.1) is 26.2 Å². The summed E-state index contributed by atoms with van der Waals surface area (Å²) >= 11 is 0. The third kappa shape index (κ3) is 3.64. The second kappa shape index (κ2) is 6.68. The zero-order chi connectivity index (χ0) is 13.5. The van der Waals surface area contributed by atoms with Crippen LogP contribution in [0.1, 0.15) is 6.42 Å². The number of hydrogen-bond donors (Lipinski definition) is 1. The first-order valence-corrected chi connectivity index (χ1v) is 6.25. The van der Waals surface area contributed by atoms with Gasteiger partial charge in [-0.05, 0) is 18.6 Å². The fraction of sp³-hybridized carbons (Fsp3) is 0.357. The quantitative estimate of drug-likeness (QED) is 0.777. The number of aryl methyl sites for hydroxylation is 1. The normalized spacial score (nSPS) is 10.2. The number of hydrogen-bond acceptors (Lipinski definition) is 4. The summed E-state index contributed by atoms with van der Waals surface area (Å²) in [5.74, 6) is 1.64. The van der Waals surface area contributed by atoms with Crippen molar-refractivity contribution < 1.29 is 9.47 Å². The monoisotopic (exact) mass is 261 g/mol. The molecule has 0 fully saturated rings. The largest absolute Gasteiger partial charge is 0.497 e. The van der Waals surface area contributed by atoms with Crippen LogP contribution in [0.2, 0.25) is 0 Å². The van der Waals surface area contributed by atoms with Crippen LogP contribution in [0.3, 0.4) is 0 Å². The molecule has 102 valence electrons. The van der Waals surface area contributed by atoms with E-state index in [1.165, 1.54) is 0 Å². The summed E-state index contributed by atoms with van der Waals surface area (Å²) in [6.07, 6.45) is 6.59. The highest BCUT2D eigenvalue weighted by Gasteiger charge is 2.04. The van der Waals surface area contributed by atoms with Crippen molar-refractivity contribution in [2.24, 2.45) is 0 Å². The van der Waals surface area contributed by atoms with E-state index in [4.69, 9.17) is 9.47 Å². The van der Waals surface area contributed by atoms with Crippen molar-refractivity contribution in [3.8, 4) is 11.5 Å². The fourth-order valence-corrected chi connectivity index (χ4v) is 1.86. The van der Waals surface area contributed by atoms with E-state index in [1.54, 1.807) is 20.4 Å². The maximum absolute atomic E-state index is 5.31. The van der Waals surface area contributed by atoms with Gasteiger partial charge in [0.2, 0.25) is 0 Å². The highest BCUT2D eigenvalue weighted by molar-refractivity contribution is 5.59. The predicted octanol–water partition coefficient (Wildman–Crippen LogP) is 2.40. The van der Waals surface area contributed by atoms with Crippen molar-refractivity contribution in [1.82, 2.24) is 9.55 Å². The predicted molar refractivity (Wildman–Crippen MR) is 74.9 cm³/mol. The van der Waals surface area contributed by atoms with Crippen LogP contribution < -0.4 is 14.8 Å². The van der Waals surface area contributed by atoms with E-state index in [0.29, 0.717) is 0 Å². The molecule has 1 N–H and O–H groups in total. The van der Waals surface area contributed by atoms with Crippen molar-refractivity contribution in [2.45, 2.75) is 13.0 Å². The Kier molecular flexibility index (Phi) is 4.66. The Labute approximate surface area is 113 Å². The minimum atomic E-state index is 0.818. The van der Waals surface area contributed by atoms with Gasteiger partial charge in [0.15, 0.2) is 0 Å². The lowest BCUT2D eigenvalue weighted by Gasteiger charge is -2.12. The molecule has 0 amide bonds. The van der Waals surface area contributed by atoms with Crippen LogP contribution in [-0.2, 0) is 6.54 Å². The lowest BCUT2D eigenvalue weighted by atomic mass is 10.2. The Balaban J connectivity index is 1.87. The van der Waals surface area contributed by atoms with Gasteiger partial charge in [-0.3, -0.25) is 0 Å². The molecule has 0 unspecified atom stereocenters. The number of ether oxygens (including phenoxy) is 2. The lowest BCUT2D eigenvalue weighted by Crippen LogP contribution is -2.06. The van der Waals surface area contributed by atoms with Crippen molar-refractivity contribution in [3.05, 3.63) is 36.9 Å². The molecule has 0 bridgehead atoms. The molecule has 1 aromatic heterocycles. The first kappa shape index (κ1) is 13.3. The average Bonchev–Trinajstić information content (AvgIpc) is 2.96. The minimum Gasteiger partial charge on any atom is -0.497 e. The van der Waals surface area contributed by atoms with Gasteiger partial charge < -0.3 is 19.4 Å². The summed E-state index contributed by atoms with van der Waals surface area (Å²) in [6.45, 7) is 1.81. The van der Waals surface area contributed by atoms with Crippen molar-refractivity contribution in [2.75, 3.05) is 26.1 Å². The maximum atomic E-state index is 5.31. The average molecular weight is 261 g/mol. The number of nitrogens with one attached hydrogen (secondary N) is 1. The van der Waals surface area contributed by atoms with E-state index in [-0.39, 0.29) is 0 Å². The molecule has 0 aliphatic heterocycles. The van der Waals surface area contributed by atoms with Gasteiger partial charge in [-0.2, -0.15) is 0 Å². The number of benzene rings is 1. The van der Waals surface area contributed by atoms with Gasteiger partial charge in [0.1, 0.15) is 11.5 Å². The third-order valence-corrected chi connectivity index (χ3v) is 2.87. The van der Waals surface area contributed by atoms with Crippen LogP contribution >= 0.6 is 0 Å². The van der Waals surface area contributed by atoms with Crippen LogP contribution in [0.25, 0.3) is 0 Å². The zero-order valence-corrected chi connectivity index (χ0v) is 11.3. The van der Waals surface area contributed by atoms with Crippen LogP contribution in [0.15, 0.2) is 36.9 Å². The summed E-state index contributed by atoms with van der Waals surface area (Å²) in [4.78, 5) is 4.02. The Morgan fingerprint density at radius 3 is 2.84 bits per heavy atom. The third-order valence-electron chi connectivity index (χ3n) is 2.87. The minimum absolute atomic E-state index is 0.818. The van der Waals surface area contributed by atoms with E-state index in [1.807, 2.05) is 30.7 Å². The Hall–Kier alpha value is -2.17. The lowest BCUT2D eigenvalue weighted by molar-refractivity contribution is 0.404. The number of imidazole rings is 1. The number of aromatic nitrogens is 2. The zero-order valence-electron chi connectivity index (χ0n) is 11.3. The molecule has 2 aromatic rings. The van der Waals surface area contributed by atoms with E-state index < -0.39 is 0 Å². The highest BCUT2D eigenvalue weighted by Crippen LogP contribution is 2.28. The molecule has 2 rings (SSSR count). The highest BCUT2D eigenvalue weighted by atomic mass is 16.5. The van der Waals surface area contributed by atoms with E-state index >= 15 is 0 Å². The van der Waals surface area contributed by atoms with Crippen molar-refractivity contribution in [1.29, 1.82) is 0 Å². The number of methoxy groups -OCH3 is 2. The molecule has 0 aliphatic rings. The van der Waals surface area contributed by atoms with Crippen LogP contribution in [0.5, 0.6) is 11.5 Å². The van der Waals surface area contributed by atoms with Gasteiger partial charge in [-0.25, -0.2) is 4.98 Å². The van der Waals surface area contributed by atoms with E-state index in [0.717, 1.165) is 36.7 Å².